The molecule has 0 aliphatic rings. The van der Waals surface area contributed by atoms with Crippen LogP contribution in [0.15, 0.2) is 18.2 Å². The lowest BCUT2D eigenvalue weighted by Gasteiger charge is -2.25. The molecule has 3 heteroatoms. The lowest BCUT2D eigenvalue weighted by atomic mass is 10.0. The molecule has 1 aromatic carbocycles. The zero-order chi connectivity index (χ0) is 12.3. The van der Waals surface area contributed by atoms with Crippen molar-refractivity contribution in [2.24, 2.45) is 0 Å². The Morgan fingerprint density at radius 2 is 2.00 bits per heavy atom. The summed E-state index contributed by atoms with van der Waals surface area (Å²) in [5, 5.41) is 8.77. The van der Waals surface area contributed by atoms with Gasteiger partial charge in [0, 0.05) is 0 Å². The Morgan fingerprint density at radius 1 is 1.38 bits per heavy atom. The summed E-state index contributed by atoms with van der Waals surface area (Å²) in [5.41, 5.74) is 1.43. The molecular formula is C13H18O3. The molecule has 0 atom stereocenters. The Hall–Kier alpha value is -1.51. The fourth-order valence-electron chi connectivity index (χ4n) is 1.52. The second-order valence-corrected chi connectivity index (χ2v) is 4.70. The van der Waals surface area contributed by atoms with Crippen molar-refractivity contribution < 1.29 is 14.6 Å². The predicted molar refractivity (Wildman–Crippen MR) is 62.9 cm³/mol. The van der Waals surface area contributed by atoms with Crippen molar-refractivity contribution in [1.29, 1.82) is 0 Å². The van der Waals surface area contributed by atoms with E-state index < -0.39 is 11.6 Å². The van der Waals surface area contributed by atoms with Crippen LogP contribution in [-0.4, -0.2) is 16.7 Å². The van der Waals surface area contributed by atoms with Crippen molar-refractivity contribution in [2.45, 2.75) is 39.7 Å². The normalized spacial score (nSPS) is 11.2. The standard InChI is InChI=1S/C13H18O3/c1-9-5-6-10(2)11(7-9)16-13(3,4)8-12(14)15/h5-7H,8H2,1-4H3,(H,14,15). The molecule has 0 heterocycles. The number of carbonyl (C=O) groups is 1. The predicted octanol–water partition coefficient (Wildman–Crippen LogP) is 2.94. The number of ether oxygens (including phenoxy) is 1. The van der Waals surface area contributed by atoms with Gasteiger partial charge in [0.15, 0.2) is 0 Å². The van der Waals surface area contributed by atoms with Crippen molar-refractivity contribution in [1.82, 2.24) is 0 Å². The van der Waals surface area contributed by atoms with Crippen LogP contribution in [0, 0.1) is 13.8 Å². The number of aliphatic carboxylic acids is 1. The van der Waals surface area contributed by atoms with E-state index in [2.05, 4.69) is 0 Å². The molecule has 0 aromatic heterocycles. The minimum atomic E-state index is -0.852. The van der Waals surface area contributed by atoms with Gasteiger partial charge < -0.3 is 9.84 Å². The highest BCUT2D eigenvalue weighted by molar-refractivity contribution is 5.68. The van der Waals surface area contributed by atoms with Crippen molar-refractivity contribution in [3.05, 3.63) is 29.3 Å². The summed E-state index contributed by atoms with van der Waals surface area (Å²) in [4.78, 5) is 10.7. The maximum Gasteiger partial charge on any atom is 0.307 e. The third-order valence-electron chi connectivity index (χ3n) is 2.31. The summed E-state index contributed by atoms with van der Waals surface area (Å²) in [5.74, 6) is -0.0958. The Labute approximate surface area is 96.1 Å². The molecule has 0 aliphatic carbocycles. The van der Waals surface area contributed by atoms with Crippen LogP contribution in [0.4, 0.5) is 0 Å². The number of hydrogen-bond acceptors (Lipinski definition) is 2. The van der Waals surface area contributed by atoms with Crippen LogP contribution in [-0.2, 0) is 4.79 Å². The van der Waals surface area contributed by atoms with Gasteiger partial charge in [-0.15, -0.1) is 0 Å². The molecule has 0 aliphatic heterocycles. The molecule has 0 fully saturated rings. The molecule has 0 bridgehead atoms. The molecule has 1 aromatic rings. The fraction of sp³-hybridized carbons (Fsp3) is 0.462. The molecule has 1 rings (SSSR count). The Morgan fingerprint density at radius 3 is 2.56 bits per heavy atom. The zero-order valence-corrected chi connectivity index (χ0v) is 10.2. The second-order valence-electron chi connectivity index (χ2n) is 4.70. The molecule has 0 amide bonds. The summed E-state index contributed by atoms with van der Waals surface area (Å²) in [6.07, 6.45) is -0.0135. The SMILES string of the molecule is Cc1ccc(C)c(OC(C)(C)CC(=O)O)c1. The van der Waals surface area contributed by atoms with E-state index in [4.69, 9.17) is 9.84 Å². The average Bonchev–Trinajstić information content (AvgIpc) is 2.08. The van der Waals surface area contributed by atoms with Crippen LogP contribution in [0.3, 0.4) is 0 Å². The number of benzene rings is 1. The zero-order valence-electron chi connectivity index (χ0n) is 10.2. The van der Waals surface area contributed by atoms with Crippen LogP contribution in [0.5, 0.6) is 5.75 Å². The minimum absolute atomic E-state index is 0.0135. The lowest BCUT2D eigenvalue weighted by Crippen LogP contribution is -2.31. The number of hydrogen-bond donors (Lipinski definition) is 1. The van der Waals surface area contributed by atoms with E-state index in [0.717, 1.165) is 16.9 Å². The third-order valence-corrected chi connectivity index (χ3v) is 2.31. The number of rotatable bonds is 4. The van der Waals surface area contributed by atoms with Crippen LogP contribution in [0.1, 0.15) is 31.4 Å². The van der Waals surface area contributed by atoms with Crippen LogP contribution in [0.2, 0.25) is 0 Å². The van der Waals surface area contributed by atoms with Gasteiger partial charge in [0.05, 0.1) is 6.42 Å². The van der Waals surface area contributed by atoms with E-state index in [1.54, 1.807) is 13.8 Å². The quantitative estimate of drug-likeness (QED) is 0.852. The highest BCUT2D eigenvalue weighted by atomic mass is 16.5. The summed E-state index contributed by atoms with van der Waals surface area (Å²) >= 11 is 0. The molecule has 3 nitrogen and oxygen atoms in total. The van der Waals surface area contributed by atoms with Crippen LogP contribution in [0.25, 0.3) is 0 Å². The lowest BCUT2D eigenvalue weighted by molar-refractivity contribution is -0.140. The molecule has 88 valence electrons. The maximum atomic E-state index is 10.7. The molecule has 1 N–H and O–H groups in total. The van der Waals surface area contributed by atoms with E-state index in [1.165, 1.54) is 0 Å². The molecule has 0 saturated carbocycles. The second kappa shape index (κ2) is 4.56. The molecule has 0 saturated heterocycles. The average molecular weight is 222 g/mol. The smallest absolute Gasteiger partial charge is 0.307 e. The van der Waals surface area contributed by atoms with Gasteiger partial charge in [0.2, 0.25) is 0 Å². The first-order valence-corrected chi connectivity index (χ1v) is 5.28. The highest BCUT2D eigenvalue weighted by Gasteiger charge is 2.24. The van der Waals surface area contributed by atoms with Crippen molar-refractivity contribution in [3.8, 4) is 5.75 Å². The van der Waals surface area contributed by atoms with Gasteiger partial charge in [0.1, 0.15) is 11.4 Å². The Bertz CT molecular complexity index is 394. The first-order valence-electron chi connectivity index (χ1n) is 5.28. The summed E-state index contributed by atoms with van der Waals surface area (Å²) < 4.78 is 5.74. The third kappa shape index (κ3) is 3.57. The van der Waals surface area contributed by atoms with Crippen LogP contribution < -0.4 is 4.74 Å². The molecule has 0 radical (unpaired) electrons. The maximum absolute atomic E-state index is 10.7. The Kier molecular flexibility index (Phi) is 3.58. The fourth-order valence-corrected chi connectivity index (χ4v) is 1.52. The van der Waals surface area contributed by atoms with Gasteiger partial charge >= 0.3 is 5.97 Å². The topological polar surface area (TPSA) is 46.5 Å². The number of carboxylic acid groups (broad SMARTS) is 1. The van der Waals surface area contributed by atoms with E-state index in [9.17, 15) is 4.79 Å². The van der Waals surface area contributed by atoms with Crippen molar-refractivity contribution in [3.63, 3.8) is 0 Å². The van der Waals surface area contributed by atoms with E-state index in [-0.39, 0.29) is 6.42 Å². The van der Waals surface area contributed by atoms with Crippen molar-refractivity contribution >= 4 is 5.97 Å². The molecule has 16 heavy (non-hydrogen) atoms. The van der Waals surface area contributed by atoms with Gasteiger partial charge in [0.25, 0.3) is 0 Å². The molecular weight excluding hydrogens is 204 g/mol. The van der Waals surface area contributed by atoms with Crippen molar-refractivity contribution in [2.75, 3.05) is 0 Å². The molecule has 0 unspecified atom stereocenters. The first kappa shape index (κ1) is 12.6. The van der Waals surface area contributed by atoms with Gasteiger partial charge in [-0.25, -0.2) is 0 Å². The Balaban J connectivity index is 2.86. The molecule has 0 spiro atoms. The van der Waals surface area contributed by atoms with Crippen LogP contribution >= 0.6 is 0 Å². The number of carboxylic acids is 1. The van der Waals surface area contributed by atoms with Gasteiger partial charge in [-0.3, -0.25) is 4.79 Å². The van der Waals surface area contributed by atoms with Gasteiger partial charge in [-0.05, 0) is 44.9 Å². The number of aryl methyl sites for hydroxylation is 2. The monoisotopic (exact) mass is 222 g/mol. The summed E-state index contributed by atoms with van der Waals surface area (Å²) in [6.45, 7) is 7.49. The minimum Gasteiger partial charge on any atom is -0.487 e. The van der Waals surface area contributed by atoms with E-state index in [1.807, 2.05) is 32.0 Å². The van der Waals surface area contributed by atoms with Gasteiger partial charge in [-0.1, -0.05) is 12.1 Å². The largest absolute Gasteiger partial charge is 0.487 e. The summed E-state index contributed by atoms with van der Waals surface area (Å²) in [7, 11) is 0. The van der Waals surface area contributed by atoms with E-state index >= 15 is 0 Å². The first-order chi connectivity index (χ1) is 7.30. The van der Waals surface area contributed by atoms with E-state index in [0.29, 0.717) is 0 Å². The van der Waals surface area contributed by atoms with Gasteiger partial charge in [-0.2, -0.15) is 0 Å². The highest BCUT2D eigenvalue weighted by Crippen LogP contribution is 2.25. The summed E-state index contributed by atoms with van der Waals surface area (Å²) in [6, 6.07) is 5.91.